The number of hydrogen-bond acceptors (Lipinski definition) is 3. The van der Waals surface area contributed by atoms with Crippen LogP contribution >= 0.6 is 12.4 Å². The summed E-state index contributed by atoms with van der Waals surface area (Å²) in [5, 5.41) is 7.32. The van der Waals surface area contributed by atoms with Crippen molar-refractivity contribution in [1.82, 2.24) is 20.0 Å². The van der Waals surface area contributed by atoms with Crippen LogP contribution < -0.4 is 5.32 Å². The summed E-state index contributed by atoms with van der Waals surface area (Å²) in [7, 11) is 1.82. The molecule has 1 aliphatic rings. The Labute approximate surface area is 135 Å². The van der Waals surface area contributed by atoms with Crippen LogP contribution in [0.15, 0.2) is 12.4 Å². The molecule has 1 saturated heterocycles. The summed E-state index contributed by atoms with van der Waals surface area (Å²) in [6.07, 6.45) is 1.81. The minimum absolute atomic E-state index is 0. The Kier molecular flexibility index (Phi) is 7.22. The number of nitrogens with zero attached hydrogens (tertiary/aromatic N) is 3. The van der Waals surface area contributed by atoms with Gasteiger partial charge in [0.25, 0.3) is 6.43 Å². The van der Waals surface area contributed by atoms with Crippen molar-refractivity contribution in [3.05, 3.63) is 18.0 Å². The summed E-state index contributed by atoms with van der Waals surface area (Å²) < 4.78 is 27.0. The molecule has 0 aliphatic carbocycles. The Morgan fingerprint density at radius 2 is 2.27 bits per heavy atom. The lowest BCUT2D eigenvalue weighted by molar-refractivity contribution is -0.137. The molecule has 0 radical (unpaired) electrons. The molecular weight excluding hydrogens is 314 g/mol. The molecule has 2 atom stereocenters. The van der Waals surface area contributed by atoms with E-state index in [2.05, 4.69) is 10.4 Å². The summed E-state index contributed by atoms with van der Waals surface area (Å²) in [6, 6.07) is 0. The molecule has 1 aromatic rings. The first kappa shape index (κ1) is 18.8. The molecule has 22 heavy (non-hydrogen) atoms. The van der Waals surface area contributed by atoms with Crippen molar-refractivity contribution in [2.24, 2.45) is 13.0 Å². The molecule has 0 bridgehead atoms. The maximum atomic E-state index is 12.7. The Morgan fingerprint density at radius 3 is 2.82 bits per heavy atom. The van der Waals surface area contributed by atoms with Gasteiger partial charge in [0.05, 0.1) is 18.7 Å². The Bertz CT molecular complexity index is 483. The number of aryl methyl sites for hydroxylation is 1. The van der Waals surface area contributed by atoms with Gasteiger partial charge in [-0.15, -0.1) is 12.4 Å². The number of halogens is 3. The fraction of sp³-hybridized carbons (Fsp3) is 0.714. The van der Waals surface area contributed by atoms with E-state index in [9.17, 15) is 13.6 Å². The maximum Gasteiger partial charge on any atom is 0.255 e. The van der Waals surface area contributed by atoms with Crippen molar-refractivity contribution < 1.29 is 13.6 Å². The molecule has 5 nitrogen and oxygen atoms in total. The van der Waals surface area contributed by atoms with Crippen LogP contribution in [-0.4, -0.2) is 53.2 Å². The zero-order valence-corrected chi connectivity index (χ0v) is 13.7. The molecular formula is C14H23ClF2N4O. The predicted molar refractivity (Wildman–Crippen MR) is 82.4 cm³/mol. The van der Waals surface area contributed by atoms with Gasteiger partial charge in [-0.25, -0.2) is 8.78 Å². The van der Waals surface area contributed by atoms with E-state index < -0.39 is 13.0 Å². The van der Waals surface area contributed by atoms with Gasteiger partial charge < -0.3 is 10.2 Å². The number of amides is 1. The zero-order valence-electron chi connectivity index (χ0n) is 12.8. The number of carbonyl (C=O) groups excluding carboxylic acids is 1. The monoisotopic (exact) mass is 336 g/mol. The number of aromatic nitrogens is 2. The second-order valence-electron chi connectivity index (χ2n) is 5.49. The highest BCUT2D eigenvalue weighted by Crippen LogP contribution is 2.29. The summed E-state index contributed by atoms with van der Waals surface area (Å²) in [6.45, 7) is 2.98. The zero-order chi connectivity index (χ0) is 15.4. The molecule has 0 unspecified atom stereocenters. The average molecular weight is 337 g/mol. The van der Waals surface area contributed by atoms with Crippen LogP contribution in [-0.2, 0) is 11.8 Å². The normalized spacial score (nSPS) is 21.0. The molecule has 2 heterocycles. The van der Waals surface area contributed by atoms with Crippen molar-refractivity contribution in [1.29, 1.82) is 0 Å². The number of carbonyl (C=O) groups is 1. The van der Waals surface area contributed by atoms with Crippen LogP contribution in [0.1, 0.15) is 24.8 Å². The minimum Gasteiger partial charge on any atom is -0.337 e. The van der Waals surface area contributed by atoms with Gasteiger partial charge in [0.2, 0.25) is 5.91 Å². The Morgan fingerprint density at radius 1 is 1.55 bits per heavy atom. The highest BCUT2D eigenvalue weighted by atomic mass is 35.5. The van der Waals surface area contributed by atoms with Gasteiger partial charge >= 0.3 is 0 Å². The van der Waals surface area contributed by atoms with E-state index >= 15 is 0 Å². The topological polar surface area (TPSA) is 50.2 Å². The van der Waals surface area contributed by atoms with Gasteiger partial charge in [-0.1, -0.05) is 6.92 Å². The summed E-state index contributed by atoms with van der Waals surface area (Å²) >= 11 is 0. The van der Waals surface area contributed by atoms with E-state index in [0.717, 1.165) is 5.56 Å². The molecule has 1 aromatic heterocycles. The second kappa shape index (κ2) is 8.43. The highest BCUT2D eigenvalue weighted by molar-refractivity contribution is 5.85. The summed E-state index contributed by atoms with van der Waals surface area (Å²) in [4.78, 5) is 13.9. The van der Waals surface area contributed by atoms with Crippen molar-refractivity contribution in [2.75, 3.05) is 26.2 Å². The van der Waals surface area contributed by atoms with Gasteiger partial charge in [-0.05, 0) is 12.0 Å². The molecule has 0 saturated carbocycles. The van der Waals surface area contributed by atoms with Crippen LogP contribution in [0, 0.1) is 5.92 Å². The highest BCUT2D eigenvalue weighted by Gasteiger charge is 2.37. The molecule has 0 spiro atoms. The lowest BCUT2D eigenvalue weighted by atomic mass is 9.89. The first-order valence-corrected chi connectivity index (χ1v) is 7.29. The van der Waals surface area contributed by atoms with Crippen LogP contribution in [0.25, 0.3) is 0 Å². The Balaban J connectivity index is 0.00000242. The Hall–Kier alpha value is -1.21. The number of hydrogen-bond donors (Lipinski definition) is 1. The molecule has 0 aromatic carbocycles. The molecule has 1 amide bonds. The molecule has 1 fully saturated rings. The largest absolute Gasteiger partial charge is 0.337 e. The quantitative estimate of drug-likeness (QED) is 0.859. The summed E-state index contributed by atoms with van der Waals surface area (Å²) in [5.74, 6) is -0.473. The molecule has 1 N–H and O–H groups in total. The SMILES string of the molecule is CCCN(CC(F)F)C(=O)[C@H]1CNC[C@@H]1c1cnn(C)c1.Cl. The molecule has 126 valence electrons. The third kappa shape index (κ3) is 4.39. The van der Waals surface area contributed by atoms with E-state index in [1.165, 1.54) is 4.90 Å². The number of rotatable bonds is 6. The molecule has 1 aliphatic heterocycles. The number of nitrogens with one attached hydrogen (secondary N) is 1. The standard InChI is InChI=1S/C14H22F2N4O.ClH/c1-3-4-20(9-13(15)16)14(21)12-7-17-6-11(12)10-5-18-19(2)8-10;/h5,8,11-13,17H,3-4,6-7,9H2,1-2H3;1H/t11-,12+;/m1./s1. The molecule has 8 heteroatoms. The first-order valence-electron chi connectivity index (χ1n) is 7.29. The molecule has 2 rings (SSSR count). The van der Waals surface area contributed by atoms with Crippen LogP contribution in [0.2, 0.25) is 0 Å². The van der Waals surface area contributed by atoms with Crippen molar-refractivity contribution >= 4 is 18.3 Å². The third-order valence-electron chi connectivity index (χ3n) is 3.85. The van der Waals surface area contributed by atoms with E-state index in [1.807, 2.05) is 20.2 Å². The van der Waals surface area contributed by atoms with Crippen LogP contribution in [0.4, 0.5) is 8.78 Å². The lowest BCUT2D eigenvalue weighted by Gasteiger charge is -2.27. The van der Waals surface area contributed by atoms with Gasteiger partial charge in [0.1, 0.15) is 0 Å². The van der Waals surface area contributed by atoms with Gasteiger partial charge in [0.15, 0.2) is 0 Å². The van der Waals surface area contributed by atoms with E-state index in [0.29, 0.717) is 26.1 Å². The van der Waals surface area contributed by atoms with E-state index in [-0.39, 0.29) is 30.2 Å². The first-order chi connectivity index (χ1) is 10.0. The lowest BCUT2D eigenvalue weighted by Crippen LogP contribution is -2.41. The van der Waals surface area contributed by atoms with Gasteiger partial charge in [-0.2, -0.15) is 5.10 Å². The smallest absolute Gasteiger partial charge is 0.255 e. The van der Waals surface area contributed by atoms with Gasteiger partial charge in [0, 0.05) is 38.8 Å². The average Bonchev–Trinajstić information content (AvgIpc) is 3.05. The van der Waals surface area contributed by atoms with Crippen LogP contribution in [0.5, 0.6) is 0 Å². The van der Waals surface area contributed by atoms with Crippen LogP contribution in [0.3, 0.4) is 0 Å². The van der Waals surface area contributed by atoms with Crippen molar-refractivity contribution in [3.8, 4) is 0 Å². The fourth-order valence-electron chi connectivity index (χ4n) is 2.88. The maximum absolute atomic E-state index is 12.7. The van der Waals surface area contributed by atoms with E-state index in [1.54, 1.807) is 10.9 Å². The fourth-order valence-corrected chi connectivity index (χ4v) is 2.88. The van der Waals surface area contributed by atoms with Gasteiger partial charge in [-0.3, -0.25) is 9.48 Å². The van der Waals surface area contributed by atoms with Crippen molar-refractivity contribution in [2.45, 2.75) is 25.7 Å². The predicted octanol–water partition coefficient (Wildman–Crippen LogP) is 1.65. The van der Waals surface area contributed by atoms with E-state index in [4.69, 9.17) is 0 Å². The van der Waals surface area contributed by atoms with Crippen molar-refractivity contribution in [3.63, 3.8) is 0 Å². The third-order valence-corrected chi connectivity index (χ3v) is 3.85. The minimum atomic E-state index is -2.49. The second-order valence-corrected chi connectivity index (χ2v) is 5.49. The summed E-state index contributed by atoms with van der Waals surface area (Å²) in [5.41, 5.74) is 0.981. The number of alkyl halides is 2.